The zero-order chi connectivity index (χ0) is 15.7. The Kier molecular flexibility index (Phi) is 4.34. The zero-order valence-corrected chi connectivity index (χ0v) is 14.3. The highest BCUT2D eigenvalue weighted by Gasteiger charge is 2.35. The van der Waals surface area contributed by atoms with Crippen LogP contribution in [0.3, 0.4) is 0 Å². The van der Waals surface area contributed by atoms with Crippen molar-refractivity contribution in [1.29, 1.82) is 0 Å². The monoisotopic (exact) mass is 317 g/mol. The average Bonchev–Trinajstić information content (AvgIpc) is 3.06. The van der Waals surface area contributed by atoms with Crippen molar-refractivity contribution in [2.45, 2.75) is 46.2 Å². The number of likely N-dealkylation sites (tertiary alicyclic amines) is 1. The van der Waals surface area contributed by atoms with Crippen LogP contribution in [0.4, 0.5) is 0 Å². The summed E-state index contributed by atoms with van der Waals surface area (Å²) in [6.45, 7) is 7.96. The average molecular weight is 317 g/mol. The molecule has 1 atom stereocenters. The molecular formula is C17H23N3OS. The molecule has 4 nitrogen and oxygen atoms in total. The lowest BCUT2D eigenvalue weighted by atomic mass is 10.0. The summed E-state index contributed by atoms with van der Waals surface area (Å²) >= 11 is 1.73. The van der Waals surface area contributed by atoms with Crippen LogP contribution in [0.25, 0.3) is 0 Å². The van der Waals surface area contributed by atoms with Crippen LogP contribution in [0.2, 0.25) is 0 Å². The second-order valence-electron chi connectivity index (χ2n) is 6.25. The number of nitrogens with zero attached hydrogens (tertiary/aromatic N) is 3. The van der Waals surface area contributed by atoms with Crippen molar-refractivity contribution >= 4 is 17.2 Å². The Labute approximate surface area is 135 Å². The fraction of sp³-hybridized carbons (Fsp3) is 0.529. The molecule has 0 radical (unpaired) electrons. The topological polar surface area (TPSA) is 38.1 Å². The van der Waals surface area contributed by atoms with Crippen LogP contribution in [-0.2, 0) is 13.0 Å². The molecule has 118 valence electrons. The number of carbonyl (C=O) groups is 1. The third-order valence-corrected chi connectivity index (χ3v) is 5.09. The van der Waals surface area contributed by atoms with Crippen molar-refractivity contribution in [2.24, 2.45) is 5.92 Å². The van der Waals surface area contributed by atoms with Crippen molar-refractivity contribution in [2.75, 3.05) is 6.54 Å². The molecule has 1 saturated heterocycles. The van der Waals surface area contributed by atoms with Gasteiger partial charge in [0.1, 0.15) is 5.69 Å². The Morgan fingerprint density at radius 1 is 1.50 bits per heavy atom. The van der Waals surface area contributed by atoms with Crippen LogP contribution in [0.5, 0.6) is 0 Å². The highest BCUT2D eigenvalue weighted by atomic mass is 32.1. The number of thiophene rings is 1. The number of hydrogen-bond acceptors (Lipinski definition) is 3. The second kappa shape index (κ2) is 6.24. The summed E-state index contributed by atoms with van der Waals surface area (Å²) < 4.78 is 1.85. The number of aromatic nitrogens is 2. The maximum Gasteiger partial charge on any atom is 0.272 e. The van der Waals surface area contributed by atoms with Gasteiger partial charge in [-0.25, -0.2) is 0 Å². The lowest BCUT2D eigenvalue weighted by Crippen LogP contribution is -2.45. The summed E-state index contributed by atoms with van der Waals surface area (Å²) in [6, 6.07) is 6.41. The van der Waals surface area contributed by atoms with Gasteiger partial charge < -0.3 is 4.90 Å². The predicted molar refractivity (Wildman–Crippen MR) is 89.2 cm³/mol. The van der Waals surface area contributed by atoms with Crippen LogP contribution < -0.4 is 0 Å². The normalized spacial score (nSPS) is 17.8. The van der Waals surface area contributed by atoms with Gasteiger partial charge in [-0.15, -0.1) is 11.3 Å². The molecule has 1 unspecified atom stereocenters. The molecule has 0 saturated carbocycles. The van der Waals surface area contributed by atoms with E-state index in [1.807, 2.05) is 22.6 Å². The van der Waals surface area contributed by atoms with E-state index in [4.69, 9.17) is 0 Å². The van der Waals surface area contributed by atoms with E-state index in [0.29, 0.717) is 5.92 Å². The SMILES string of the molecule is CCn1nc(CC(C)C)cc1C(=O)N1CCC1c1cccs1. The largest absolute Gasteiger partial charge is 0.329 e. The molecule has 0 spiro atoms. The van der Waals surface area contributed by atoms with E-state index in [1.54, 1.807) is 11.3 Å². The Bertz CT molecular complexity index is 645. The molecule has 1 fully saturated rings. The number of hydrogen-bond donors (Lipinski definition) is 0. The maximum absolute atomic E-state index is 12.9. The molecule has 22 heavy (non-hydrogen) atoms. The highest BCUT2D eigenvalue weighted by Crippen LogP contribution is 2.36. The van der Waals surface area contributed by atoms with E-state index in [-0.39, 0.29) is 11.9 Å². The molecule has 2 aromatic rings. The summed E-state index contributed by atoms with van der Waals surface area (Å²) in [6.07, 6.45) is 1.98. The lowest BCUT2D eigenvalue weighted by molar-refractivity contribution is 0.0455. The van der Waals surface area contributed by atoms with Gasteiger partial charge >= 0.3 is 0 Å². The minimum atomic E-state index is 0.119. The smallest absolute Gasteiger partial charge is 0.272 e. The van der Waals surface area contributed by atoms with Crippen LogP contribution in [0.15, 0.2) is 23.6 Å². The van der Waals surface area contributed by atoms with Gasteiger partial charge in [0.05, 0.1) is 11.7 Å². The number of rotatable bonds is 5. The van der Waals surface area contributed by atoms with E-state index >= 15 is 0 Å². The molecule has 1 amide bonds. The van der Waals surface area contributed by atoms with Crippen molar-refractivity contribution in [1.82, 2.24) is 14.7 Å². The molecule has 3 rings (SSSR count). The van der Waals surface area contributed by atoms with Crippen molar-refractivity contribution < 1.29 is 4.79 Å². The van der Waals surface area contributed by atoms with E-state index in [9.17, 15) is 4.79 Å². The van der Waals surface area contributed by atoms with E-state index in [1.165, 1.54) is 4.88 Å². The van der Waals surface area contributed by atoms with Gasteiger partial charge in [-0.05, 0) is 43.2 Å². The molecule has 0 N–H and O–H groups in total. The Balaban J connectivity index is 1.81. The third-order valence-electron chi connectivity index (χ3n) is 4.12. The van der Waals surface area contributed by atoms with E-state index < -0.39 is 0 Å². The molecule has 1 aliphatic rings. The summed E-state index contributed by atoms with van der Waals surface area (Å²) in [5, 5.41) is 6.67. The standard InChI is InChI=1S/C17H23N3OS/c1-4-20-15(11-13(18-20)10-12(2)3)17(21)19-8-7-14(19)16-6-5-9-22-16/h5-6,9,11-12,14H,4,7-8,10H2,1-3H3. The Morgan fingerprint density at radius 3 is 2.86 bits per heavy atom. The molecule has 3 heterocycles. The fourth-order valence-corrected chi connectivity index (χ4v) is 3.83. The van der Waals surface area contributed by atoms with Crippen LogP contribution in [0.1, 0.15) is 54.3 Å². The number of carbonyl (C=O) groups excluding carboxylic acids is 1. The third kappa shape index (κ3) is 2.82. The van der Waals surface area contributed by atoms with Crippen LogP contribution in [-0.4, -0.2) is 27.1 Å². The lowest BCUT2D eigenvalue weighted by Gasteiger charge is -2.40. The fourth-order valence-electron chi connectivity index (χ4n) is 2.96. The molecule has 0 bridgehead atoms. The number of aryl methyl sites for hydroxylation is 1. The van der Waals surface area contributed by atoms with Gasteiger partial charge in [0.15, 0.2) is 0 Å². The molecule has 5 heteroatoms. The summed E-state index contributed by atoms with van der Waals surface area (Å²) in [5.74, 6) is 0.667. The van der Waals surface area contributed by atoms with Gasteiger partial charge in [-0.3, -0.25) is 9.48 Å². The molecule has 0 aliphatic carbocycles. The first kappa shape index (κ1) is 15.3. The molecule has 0 aromatic carbocycles. The van der Waals surface area contributed by atoms with Crippen molar-refractivity contribution in [3.05, 3.63) is 39.8 Å². The van der Waals surface area contributed by atoms with Crippen LogP contribution in [0, 0.1) is 5.92 Å². The molecular weight excluding hydrogens is 294 g/mol. The predicted octanol–water partition coefficient (Wildman–Crippen LogP) is 3.75. The van der Waals surface area contributed by atoms with Crippen molar-refractivity contribution in [3.8, 4) is 0 Å². The molecule has 1 aliphatic heterocycles. The van der Waals surface area contributed by atoms with Gasteiger partial charge in [0, 0.05) is 18.0 Å². The van der Waals surface area contributed by atoms with Gasteiger partial charge in [-0.2, -0.15) is 5.10 Å². The zero-order valence-electron chi connectivity index (χ0n) is 13.5. The first-order valence-electron chi connectivity index (χ1n) is 8.01. The van der Waals surface area contributed by atoms with Crippen LogP contribution >= 0.6 is 11.3 Å². The van der Waals surface area contributed by atoms with E-state index in [0.717, 1.165) is 37.3 Å². The van der Waals surface area contributed by atoms with Crippen molar-refractivity contribution in [3.63, 3.8) is 0 Å². The quantitative estimate of drug-likeness (QED) is 0.842. The minimum Gasteiger partial charge on any atom is -0.329 e. The Hall–Kier alpha value is -1.62. The van der Waals surface area contributed by atoms with Gasteiger partial charge in [0.2, 0.25) is 0 Å². The summed E-state index contributed by atoms with van der Waals surface area (Å²) in [7, 11) is 0. The van der Waals surface area contributed by atoms with Gasteiger partial charge in [0.25, 0.3) is 5.91 Å². The number of amides is 1. The molecule has 2 aromatic heterocycles. The Morgan fingerprint density at radius 2 is 2.32 bits per heavy atom. The van der Waals surface area contributed by atoms with E-state index in [2.05, 4.69) is 36.5 Å². The second-order valence-corrected chi connectivity index (χ2v) is 7.23. The summed E-state index contributed by atoms with van der Waals surface area (Å²) in [4.78, 5) is 16.1. The van der Waals surface area contributed by atoms with Gasteiger partial charge in [-0.1, -0.05) is 19.9 Å². The minimum absolute atomic E-state index is 0.119. The highest BCUT2D eigenvalue weighted by molar-refractivity contribution is 7.10. The first-order valence-corrected chi connectivity index (χ1v) is 8.89. The summed E-state index contributed by atoms with van der Waals surface area (Å²) in [5.41, 5.74) is 1.76. The first-order chi connectivity index (χ1) is 10.6. The maximum atomic E-state index is 12.9.